The molecule has 0 aliphatic rings. The lowest BCUT2D eigenvalue weighted by Gasteiger charge is -2.15. The number of rotatable bonds is 6. The van der Waals surface area contributed by atoms with Gasteiger partial charge in [0, 0.05) is 5.69 Å². The van der Waals surface area contributed by atoms with Gasteiger partial charge < -0.3 is 15.2 Å². The topological polar surface area (TPSA) is 75.6 Å². The van der Waals surface area contributed by atoms with E-state index in [4.69, 9.17) is 62.7 Å². The van der Waals surface area contributed by atoms with Crippen LogP contribution < -0.4 is 10.1 Å². The smallest absolute Gasteiger partial charge is 0.416 e. The molecule has 0 saturated carbocycles. The molecular weight excluding hydrogens is 577 g/mol. The summed E-state index contributed by atoms with van der Waals surface area (Å²) in [6.45, 7) is -0.200. The molecule has 0 atom stereocenters. The van der Waals surface area contributed by atoms with Crippen molar-refractivity contribution in [1.82, 2.24) is 0 Å². The number of amides is 1. The van der Waals surface area contributed by atoms with E-state index in [9.17, 15) is 27.9 Å². The number of carbonyl (C=O) groups is 2. The number of alkyl halides is 3. The number of halogens is 8. The summed E-state index contributed by atoms with van der Waals surface area (Å²) in [5, 5.41) is 10.4. The molecule has 3 aromatic rings. The third-order valence-corrected chi connectivity index (χ3v) is 6.64. The molecule has 3 aromatic carbocycles. The highest BCUT2D eigenvalue weighted by Crippen LogP contribution is 2.42. The number of ether oxygens (including phenoxy) is 1. The summed E-state index contributed by atoms with van der Waals surface area (Å²) in [6, 6.07) is 8.64. The van der Waals surface area contributed by atoms with Crippen molar-refractivity contribution in [2.75, 3.05) is 5.32 Å². The second-order valence-corrected chi connectivity index (χ2v) is 8.82. The number of hydrogen-bond donors (Lipinski definition) is 2. The van der Waals surface area contributed by atoms with Crippen molar-refractivity contribution in [3.05, 3.63) is 89.8 Å². The average Bonchev–Trinajstić information content (AvgIpc) is 2.78. The summed E-state index contributed by atoms with van der Waals surface area (Å²) >= 11 is 30.0. The fourth-order valence-electron chi connectivity index (χ4n) is 2.93. The lowest BCUT2D eigenvalue weighted by atomic mass is 10.1. The molecule has 0 bridgehead atoms. The predicted octanol–water partition coefficient (Wildman–Crippen LogP) is 8.50. The average molecular weight is 588 g/mol. The molecule has 3 rings (SSSR count). The van der Waals surface area contributed by atoms with E-state index >= 15 is 0 Å². The summed E-state index contributed by atoms with van der Waals surface area (Å²) in [6.07, 6.45) is -4.49. The van der Waals surface area contributed by atoms with Crippen LogP contribution >= 0.6 is 58.0 Å². The molecule has 0 aliphatic carbocycles. The van der Waals surface area contributed by atoms with Crippen LogP contribution in [-0.4, -0.2) is 17.0 Å². The third-order valence-electron chi connectivity index (χ3n) is 4.55. The first-order chi connectivity index (χ1) is 16.3. The molecule has 5 nitrogen and oxygen atoms in total. The van der Waals surface area contributed by atoms with Crippen LogP contribution in [-0.2, 0) is 12.8 Å². The Labute approximate surface area is 221 Å². The number of aromatic carboxylic acids is 1. The fourth-order valence-corrected chi connectivity index (χ4v) is 4.19. The third kappa shape index (κ3) is 6.08. The molecule has 0 saturated heterocycles. The first-order valence-electron chi connectivity index (χ1n) is 9.30. The molecule has 0 aliphatic heterocycles. The van der Waals surface area contributed by atoms with Gasteiger partial charge in [0.2, 0.25) is 0 Å². The second kappa shape index (κ2) is 10.7. The Bertz CT molecular complexity index is 1330. The van der Waals surface area contributed by atoms with Gasteiger partial charge in [-0.1, -0.05) is 70.1 Å². The zero-order valence-corrected chi connectivity index (χ0v) is 20.7. The maximum atomic E-state index is 12.9. The van der Waals surface area contributed by atoms with Gasteiger partial charge in [0.15, 0.2) is 0 Å². The maximum absolute atomic E-state index is 12.9. The van der Waals surface area contributed by atoms with E-state index in [0.29, 0.717) is 0 Å². The largest absolute Gasteiger partial charge is 0.487 e. The molecule has 0 spiro atoms. The zero-order chi connectivity index (χ0) is 26.1. The minimum atomic E-state index is -4.49. The number of carbonyl (C=O) groups excluding carboxylic acids is 1. The standard InChI is InChI=1S/C22H11Cl5F3NO4/c23-12-7-11(4-5-13(12)35-8-9-2-1-3-10(6-9)22(28,29)30)31-20(32)14-15(21(33)34)17(25)19(27)18(26)16(14)24/h1-7H,8H2,(H,31,32)(H,33,34). The lowest BCUT2D eigenvalue weighted by Crippen LogP contribution is -2.18. The Balaban J connectivity index is 1.81. The number of benzene rings is 3. The van der Waals surface area contributed by atoms with Crippen molar-refractivity contribution in [2.45, 2.75) is 12.8 Å². The van der Waals surface area contributed by atoms with Gasteiger partial charge >= 0.3 is 12.1 Å². The molecule has 2 N–H and O–H groups in total. The van der Waals surface area contributed by atoms with Crippen LogP contribution in [0.15, 0.2) is 42.5 Å². The minimum absolute atomic E-state index is 0.0199. The predicted molar refractivity (Wildman–Crippen MR) is 129 cm³/mol. The highest BCUT2D eigenvalue weighted by Gasteiger charge is 2.31. The van der Waals surface area contributed by atoms with Crippen LogP contribution in [0, 0.1) is 0 Å². The Morgan fingerprint density at radius 2 is 1.51 bits per heavy atom. The van der Waals surface area contributed by atoms with Crippen LogP contribution in [0.1, 0.15) is 31.8 Å². The van der Waals surface area contributed by atoms with Crippen LogP contribution in [0.2, 0.25) is 25.1 Å². The quantitative estimate of drug-likeness (QED) is 0.224. The number of hydrogen-bond acceptors (Lipinski definition) is 3. The van der Waals surface area contributed by atoms with E-state index in [1.165, 1.54) is 30.3 Å². The van der Waals surface area contributed by atoms with Gasteiger partial charge in [-0.05, 0) is 35.9 Å². The monoisotopic (exact) mass is 585 g/mol. The first-order valence-corrected chi connectivity index (χ1v) is 11.2. The van der Waals surface area contributed by atoms with Crippen molar-refractivity contribution in [3.8, 4) is 5.75 Å². The van der Waals surface area contributed by atoms with E-state index in [1.54, 1.807) is 0 Å². The Kier molecular flexibility index (Phi) is 8.34. The first kappa shape index (κ1) is 27.2. The normalized spacial score (nSPS) is 11.3. The van der Waals surface area contributed by atoms with Crippen molar-refractivity contribution >= 4 is 75.6 Å². The van der Waals surface area contributed by atoms with E-state index in [1.807, 2.05) is 0 Å². The van der Waals surface area contributed by atoms with Gasteiger partial charge in [0.05, 0.1) is 41.8 Å². The molecule has 0 heterocycles. The molecule has 35 heavy (non-hydrogen) atoms. The van der Waals surface area contributed by atoms with Crippen LogP contribution in [0.3, 0.4) is 0 Å². The van der Waals surface area contributed by atoms with Gasteiger partial charge in [-0.3, -0.25) is 4.79 Å². The van der Waals surface area contributed by atoms with E-state index < -0.39 is 44.8 Å². The van der Waals surface area contributed by atoms with Crippen molar-refractivity contribution in [1.29, 1.82) is 0 Å². The second-order valence-electron chi connectivity index (χ2n) is 6.90. The van der Waals surface area contributed by atoms with Gasteiger partial charge in [0.1, 0.15) is 12.4 Å². The molecule has 13 heteroatoms. The van der Waals surface area contributed by atoms with Crippen molar-refractivity contribution in [2.24, 2.45) is 0 Å². The molecule has 0 fully saturated rings. The van der Waals surface area contributed by atoms with E-state index in [-0.39, 0.29) is 38.7 Å². The highest BCUT2D eigenvalue weighted by atomic mass is 35.5. The van der Waals surface area contributed by atoms with Gasteiger partial charge in [-0.25, -0.2) is 4.79 Å². The van der Waals surface area contributed by atoms with Crippen molar-refractivity contribution in [3.63, 3.8) is 0 Å². The molecule has 0 aromatic heterocycles. The summed E-state index contributed by atoms with van der Waals surface area (Å²) in [7, 11) is 0. The molecule has 0 radical (unpaired) electrons. The van der Waals surface area contributed by atoms with Crippen LogP contribution in [0.4, 0.5) is 18.9 Å². The molecule has 1 amide bonds. The fraction of sp³-hybridized carbons (Fsp3) is 0.0909. The number of anilines is 1. The van der Waals surface area contributed by atoms with E-state index in [2.05, 4.69) is 5.32 Å². The van der Waals surface area contributed by atoms with Gasteiger partial charge in [-0.15, -0.1) is 0 Å². The zero-order valence-electron chi connectivity index (χ0n) is 16.9. The molecule has 0 unspecified atom stereocenters. The van der Waals surface area contributed by atoms with Crippen molar-refractivity contribution < 1.29 is 32.6 Å². The van der Waals surface area contributed by atoms with E-state index in [0.717, 1.165) is 12.1 Å². The SMILES string of the molecule is O=C(O)c1c(Cl)c(Cl)c(Cl)c(Cl)c1C(=O)Nc1ccc(OCc2cccc(C(F)(F)F)c2)c(Cl)c1. The van der Waals surface area contributed by atoms with Gasteiger partial charge in [0.25, 0.3) is 5.91 Å². The maximum Gasteiger partial charge on any atom is 0.416 e. The van der Waals surface area contributed by atoms with Gasteiger partial charge in [-0.2, -0.15) is 13.2 Å². The summed E-state index contributed by atoms with van der Waals surface area (Å²) in [5.41, 5.74) is -1.58. The molecular formula is C22H11Cl5F3NO4. The van der Waals surface area contributed by atoms with Crippen LogP contribution in [0.5, 0.6) is 5.75 Å². The number of carboxylic acid groups (broad SMARTS) is 1. The molecule has 184 valence electrons. The highest BCUT2D eigenvalue weighted by molar-refractivity contribution is 6.54. The summed E-state index contributed by atoms with van der Waals surface area (Å²) < 4.78 is 44.1. The minimum Gasteiger partial charge on any atom is -0.487 e. The Morgan fingerprint density at radius 1 is 0.886 bits per heavy atom. The lowest BCUT2D eigenvalue weighted by molar-refractivity contribution is -0.137. The number of nitrogens with one attached hydrogen (secondary N) is 1. The Morgan fingerprint density at radius 3 is 2.09 bits per heavy atom. The Hall–Kier alpha value is -2.36. The summed E-state index contributed by atoms with van der Waals surface area (Å²) in [4.78, 5) is 24.5. The van der Waals surface area contributed by atoms with Crippen LogP contribution in [0.25, 0.3) is 0 Å². The summed E-state index contributed by atoms with van der Waals surface area (Å²) in [5.74, 6) is -2.39. The number of carboxylic acids is 1.